The SMILES string of the molecule is CNCC1CN(CCC2=CCCCC2)CCO1. The fourth-order valence-electron chi connectivity index (χ4n) is 2.77. The maximum absolute atomic E-state index is 5.72. The first-order valence-corrected chi connectivity index (χ1v) is 7.05. The van der Waals surface area contributed by atoms with E-state index in [-0.39, 0.29) is 0 Å². The van der Waals surface area contributed by atoms with Crippen LogP contribution in [0.1, 0.15) is 32.1 Å². The highest BCUT2D eigenvalue weighted by Gasteiger charge is 2.19. The van der Waals surface area contributed by atoms with Crippen molar-refractivity contribution in [2.24, 2.45) is 0 Å². The van der Waals surface area contributed by atoms with E-state index in [1.54, 1.807) is 5.57 Å². The fraction of sp³-hybridized carbons (Fsp3) is 0.857. The van der Waals surface area contributed by atoms with E-state index in [1.165, 1.54) is 38.6 Å². The minimum atomic E-state index is 0.383. The number of rotatable bonds is 5. The quantitative estimate of drug-likeness (QED) is 0.739. The normalized spacial score (nSPS) is 26.9. The summed E-state index contributed by atoms with van der Waals surface area (Å²) in [5, 5.41) is 3.20. The number of hydrogen-bond acceptors (Lipinski definition) is 3. The molecule has 0 radical (unpaired) electrons. The van der Waals surface area contributed by atoms with Gasteiger partial charge in [0.25, 0.3) is 0 Å². The lowest BCUT2D eigenvalue weighted by atomic mass is 9.97. The molecule has 0 amide bonds. The molecule has 98 valence electrons. The summed E-state index contributed by atoms with van der Waals surface area (Å²) in [6.07, 6.45) is 9.56. The number of allylic oxidation sites excluding steroid dienone is 1. The van der Waals surface area contributed by atoms with Crippen molar-refractivity contribution in [2.45, 2.75) is 38.2 Å². The monoisotopic (exact) mass is 238 g/mol. The van der Waals surface area contributed by atoms with Crippen LogP contribution >= 0.6 is 0 Å². The van der Waals surface area contributed by atoms with Gasteiger partial charge in [0.2, 0.25) is 0 Å². The lowest BCUT2D eigenvalue weighted by Crippen LogP contribution is -2.46. The number of morpholine rings is 1. The number of nitrogens with zero attached hydrogens (tertiary/aromatic N) is 1. The Morgan fingerprint density at radius 1 is 1.47 bits per heavy atom. The second-order valence-electron chi connectivity index (χ2n) is 5.21. The zero-order valence-electron chi connectivity index (χ0n) is 11.1. The first-order chi connectivity index (χ1) is 8.38. The zero-order valence-corrected chi connectivity index (χ0v) is 11.1. The topological polar surface area (TPSA) is 24.5 Å². The molecule has 0 saturated carbocycles. The van der Waals surface area contributed by atoms with Crippen molar-refractivity contribution in [1.82, 2.24) is 10.2 Å². The molecule has 1 heterocycles. The van der Waals surface area contributed by atoms with Crippen LogP contribution in [0.4, 0.5) is 0 Å². The van der Waals surface area contributed by atoms with Crippen LogP contribution in [0.2, 0.25) is 0 Å². The molecule has 0 aromatic heterocycles. The van der Waals surface area contributed by atoms with Gasteiger partial charge in [0.05, 0.1) is 12.7 Å². The summed E-state index contributed by atoms with van der Waals surface area (Å²) in [5.74, 6) is 0. The van der Waals surface area contributed by atoms with Gasteiger partial charge in [0, 0.05) is 26.2 Å². The fourth-order valence-corrected chi connectivity index (χ4v) is 2.77. The van der Waals surface area contributed by atoms with E-state index in [0.29, 0.717) is 6.10 Å². The van der Waals surface area contributed by atoms with E-state index in [9.17, 15) is 0 Å². The Labute approximate surface area is 105 Å². The highest BCUT2D eigenvalue weighted by atomic mass is 16.5. The summed E-state index contributed by atoms with van der Waals surface area (Å²) in [6, 6.07) is 0. The molecule has 1 unspecified atom stereocenters. The Kier molecular flexibility index (Phi) is 5.49. The van der Waals surface area contributed by atoms with Gasteiger partial charge in [-0.25, -0.2) is 0 Å². The highest BCUT2D eigenvalue weighted by Crippen LogP contribution is 2.20. The minimum absolute atomic E-state index is 0.383. The average Bonchev–Trinajstić information content (AvgIpc) is 2.39. The molecule has 0 aromatic carbocycles. The van der Waals surface area contributed by atoms with E-state index in [1.807, 2.05) is 7.05 Å². The molecule has 0 spiro atoms. The van der Waals surface area contributed by atoms with Crippen LogP contribution < -0.4 is 5.32 Å². The minimum Gasteiger partial charge on any atom is -0.374 e. The molecule has 1 aliphatic carbocycles. The van der Waals surface area contributed by atoms with E-state index in [2.05, 4.69) is 16.3 Å². The molecule has 1 atom stereocenters. The van der Waals surface area contributed by atoms with E-state index < -0.39 is 0 Å². The molecule has 1 aliphatic heterocycles. The van der Waals surface area contributed by atoms with Crippen LogP contribution in [0, 0.1) is 0 Å². The van der Waals surface area contributed by atoms with Gasteiger partial charge in [-0.1, -0.05) is 11.6 Å². The van der Waals surface area contributed by atoms with Crippen molar-refractivity contribution < 1.29 is 4.74 Å². The van der Waals surface area contributed by atoms with Gasteiger partial charge in [0.1, 0.15) is 0 Å². The lowest BCUT2D eigenvalue weighted by molar-refractivity contribution is -0.0258. The second-order valence-corrected chi connectivity index (χ2v) is 5.21. The molecule has 0 bridgehead atoms. The first-order valence-electron chi connectivity index (χ1n) is 7.05. The van der Waals surface area contributed by atoms with E-state index in [0.717, 1.165) is 26.2 Å². The molecule has 1 N–H and O–H groups in total. The van der Waals surface area contributed by atoms with E-state index in [4.69, 9.17) is 4.74 Å². The summed E-state index contributed by atoms with van der Waals surface area (Å²) < 4.78 is 5.72. The third-order valence-electron chi connectivity index (χ3n) is 3.79. The molecule has 3 nitrogen and oxygen atoms in total. The van der Waals surface area contributed by atoms with Gasteiger partial charge in [-0.15, -0.1) is 0 Å². The Morgan fingerprint density at radius 2 is 2.41 bits per heavy atom. The van der Waals surface area contributed by atoms with Crippen molar-refractivity contribution in [1.29, 1.82) is 0 Å². The van der Waals surface area contributed by atoms with Crippen LogP contribution in [-0.4, -0.2) is 50.8 Å². The summed E-state index contributed by atoms with van der Waals surface area (Å²) in [5.41, 5.74) is 1.69. The maximum atomic E-state index is 5.72. The van der Waals surface area contributed by atoms with Crippen molar-refractivity contribution in [2.75, 3.05) is 39.8 Å². The van der Waals surface area contributed by atoms with Crippen LogP contribution in [-0.2, 0) is 4.74 Å². The summed E-state index contributed by atoms with van der Waals surface area (Å²) in [6.45, 7) is 5.28. The molecule has 1 fully saturated rings. The molecule has 0 aromatic rings. The smallest absolute Gasteiger partial charge is 0.0826 e. The van der Waals surface area contributed by atoms with Crippen LogP contribution in [0.5, 0.6) is 0 Å². The summed E-state index contributed by atoms with van der Waals surface area (Å²) >= 11 is 0. The lowest BCUT2D eigenvalue weighted by Gasteiger charge is -2.33. The van der Waals surface area contributed by atoms with E-state index >= 15 is 0 Å². The Bertz CT molecular complexity index is 251. The largest absolute Gasteiger partial charge is 0.374 e. The summed E-state index contributed by atoms with van der Waals surface area (Å²) in [7, 11) is 2.00. The van der Waals surface area contributed by atoms with Crippen molar-refractivity contribution >= 4 is 0 Å². The molecule has 3 heteroatoms. The van der Waals surface area contributed by atoms with Crippen LogP contribution in [0.25, 0.3) is 0 Å². The van der Waals surface area contributed by atoms with Gasteiger partial charge in [-0.05, 0) is 39.2 Å². The van der Waals surface area contributed by atoms with Gasteiger partial charge >= 0.3 is 0 Å². The van der Waals surface area contributed by atoms with Gasteiger partial charge in [-0.2, -0.15) is 0 Å². The summed E-state index contributed by atoms with van der Waals surface area (Å²) in [4.78, 5) is 2.56. The molecular weight excluding hydrogens is 212 g/mol. The molecule has 2 aliphatic rings. The number of nitrogens with one attached hydrogen (secondary N) is 1. The predicted molar refractivity (Wildman–Crippen MR) is 71.3 cm³/mol. The maximum Gasteiger partial charge on any atom is 0.0826 e. The van der Waals surface area contributed by atoms with Crippen molar-refractivity contribution in [3.63, 3.8) is 0 Å². The Morgan fingerprint density at radius 3 is 3.18 bits per heavy atom. The molecular formula is C14H26N2O. The second kappa shape index (κ2) is 7.14. The number of hydrogen-bond donors (Lipinski definition) is 1. The van der Waals surface area contributed by atoms with Crippen LogP contribution in [0.15, 0.2) is 11.6 Å². The van der Waals surface area contributed by atoms with Gasteiger partial charge in [0.15, 0.2) is 0 Å². The standard InChI is InChI=1S/C14H26N2O/c1-15-11-14-12-16(9-10-17-14)8-7-13-5-3-2-4-6-13/h5,14-15H,2-4,6-12H2,1H3. The highest BCUT2D eigenvalue weighted by molar-refractivity contribution is 5.05. The van der Waals surface area contributed by atoms with Crippen molar-refractivity contribution in [3.8, 4) is 0 Å². The van der Waals surface area contributed by atoms with Crippen molar-refractivity contribution in [3.05, 3.63) is 11.6 Å². The predicted octanol–water partition coefficient (Wildman–Crippen LogP) is 1.80. The molecule has 1 saturated heterocycles. The third kappa shape index (κ3) is 4.41. The zero-order chi connectivity index (χ0) is 11.9. The van der Waals surface area contributed by atoms with Gasteiger partial charge in [-0.3, -0.25) is 4.90 Å². The Balaban J connectivity index is 1.69. The number of ether oxygens (including phenoxy) is 1. The first kappa shape index (κ1) is 13.1. The average molecular weight is 238 g/mol. The number of likely N-dealkylation sites (N-methyl/N-ethyl adjacent to an activating group) is 1. The van der Waals surface area contributed by atoms with Crippen LogP contribution in [0.3, 0.4) is 0 Å². The van der Waals surface area contributed by atoms with Gasteiger partial charge < -0.3 is 10.1 Å². The molecule has 2 rings (SSSR count). The third-order valence-corrected chi connectivity index (χ3v) is 3.79. The Hall–Kier alpha value is -0.380. The molecule has 17 heavy (non-hydrogen) atoms.